The Morgan fingerprint density at radius 3 is 2.45 bits per heavy atom. The largest absolute Gasteiger partial charge is 0.493 e. The maximum absolute atomic E-state index is 5.90. The van der Waals surface area contributed by atoms with Crippen LogP contribution < -0.4 is 14.2 Å². The number of rotatable bonds is 7. The van der Waals surface area contributed by atoms with Gasteiger partial charge in [-0.3, -0.25) is 0 Å². The Balaban J connectivity index is 1.44. The quantitative estimate of drug-likeness (QED) is 0.259. The van der Waals surface area contributed by atoms with E-state index in [0.29, 0.717) is 51.3 Å². The minimum Gasteiger partial charge on any atom is -0.493 e. The molecule has 0 unspecified atom stereocenters. The first kappa shape index (κ1) is 21.0. The van der Waals surface area contributed by atoms with Gasteiger partial charge >= 0.3 is 0 Å². The van der Waals surface area contributed by atoms with Gasteiger partial charge in [0.2, 0.25) is 17.5 Å². The van der Waals surface area contributed by atoms with Gasteiger partial charge in [-0.25, -0.2) is 9.97 Å². The molecule has 0 radical (unpaired) electrons. The monoisotopic (exact) mass is 464 g/mol. The number of hydrogen-bond donors (Lipinski definition) is 0. The molecule has 10 nitrogen and oxygen atoms in total. The second-order valence-corrected chi connectivity index (χ2v) is 7.95. The predicted octanol–water partition coefficient (Wildman–Crippen LogP) is 3.95. The molecule has 3 heterocycles. The lowest BCUT2D eigenvalue weighted by Crippen LogP contribution is -1.98. The molecule has 0 fully saturated rings. The number of methoxy groups -OCH3 is 3. The molecule has 0 bridgehead atoms. The molecule has 0 amide bonds. The van der Waals surface area contributed by atoms with Crippen LogP contribution in [0.2, 0.25) is 0 Å². The smallest absolute Gasteiger partial charge is 0.248 e. The molecule has 5 aromatic rings. The summed E-state index contributed by atoms with van der Waals surface area (Å²) in [5, 5.41) is 14.5. The number of fused-ring (bicyclic) bond motifs is 3. The van der Waals surface area contributed by atoms with E-state index in [1.807, 2.05) is 31.2 Å². The third-order valence-electron chi connectivity index (χ3n) is 4.96. The number of aromatic nitrogens is 6. The van der Waals surface area contributed by atoms with Gasteiger partial charge < -0.3 is 18.6 Å². The van der Waals surface area contributed by atoms with E-state index >= 15 is 0 Å². The predicted molar refractivity (Wildman–Crippen MR) is 122 cm³/mol. The highest BCUT2D eigenvalue weighted by Gasteiger charge is 2.18. The third kappa shape index (κ3) is 3.80. The summed E-state index contributed by atoms with van der Waals surface area (Å²) in [5.41, 5.74) is 2.28. The number of aryl methyl sites for hydroxylation is 1. The molecule has 0 saturated carbocycles. The minimum atomic E-state index is 0.345. The molecule has 33 heavy (non-hydrogen) atoms. The zero-order valence-corrected chi connectivity index (χ0v) is 19.2. The Hall–Kier alpha value is -3.86. The van der Waals surface area contributed by atoms with Crippen LogP contribution in [0.5, 0.6) is 17.2 Å². The zero-order valence-electron chi connectivity index (χ0n) is 18.4. The van der Waals surface area contributed by atoms with Crippen molar-refractivity contribution in [2.24, 2.45) is 0 Å². The molecular formula is C22H20N6O4S. The van der Waals surface area contributed by atoms with E-state index in [4.69, 9.17) is 23.6 Å². The second kappa shape index (κ2) is 8.58. The van der Waals surface area contributed by atoms with Gasteiger partial charge in [0.05, 0.1) is 32.6 Å². The van der Waals surface area contributed by atoms with Crippen molar-refractivity contribution in [3.63, 3.8) is 0 Å². The zero-order chi connectivity index (χ0) is 22.9. The molecule has 0 N–H and O–H groups in total. The van der Waals surface area contributed by atoms with Gasteiger partial charge in [-0.15, -0.1) is 15.3 Å². The number of para-hydroxylation sites is 1. The van der Waals surface area contributed by atoms with Crippen LogP contribution in [0, 0.1) is 6.92 Å². The summed E-state index contributed by atoms with van der Waals surface area (Å²) < 4.78 is 23.8. The fourth-order valence-electron chi connectivity index (χ4n) is 3.49. The van der Waals surface area contributed by atoms with Gasteiger partial charge in [0.15, 0.2) is 22.3 Å². The van der Waals surface area contributed by atoms with Crippen LogP contribution in [0.1, 0.15) is 11.7 Å². The van der Waals surface area contributed by atoms with E-state index in [1.54, 1.807) is 38.0 Å². The van der Waals surface area contributed by atoms with Crippen molar-refractivity contribution >= 4 is 28.3 Å². The Bertz CT molecular complexity index is 1440. The van der Waals surface area contributed by atoms with Gasteiger partial charge in [0.25, 0.3) is 0 Å². The maximum atomic E-state index is 5.90. The number of ether oxygens (including phenoxy) is 3. The molecule has 0 aliphatic carbocycles. The fourth-order valence-corrected chi connectivity index (χ4v) is 4.27. The van der Waals surface area contributed by atoms with Crippen molar-refractivity contribution in [3.05, 3.63) is 48.1 Å². The van der Waals surface area contributed by atoms with Crippen molar-refractivity contribution in [2.45, 2.75) is 17.8 Å². The van der Waals surface area contributed by atoms with Crippen LogP contribution in [0.25, 0.3) is 28.0 Å². The van der Waals surface area contributed by atoms with E-state index in [9.17, 15) is 0 Å². The van der Waals surface area contributed by atoms with Crippen molar-refractivity contribution in [1.82, 2.24) is 29.8 Å². The van der Waals surface area contributed by atoms with Gasteiger partial charge in [-0.2, -0.15) is 4.52 Å². The number of benzene rings is 2. The van der Waals surface area contributed by atoms with Gasteiger partial charge in [0.1, 0.15) is 5.82 Å². The first-order valence-corrected chi connectivity index (χ1v) is 11.0. The first-order valence-electron chi connectivity index (χ1n) is 9.99. The minimum absolute atomic E-state index is 0.345. The van der Waals surface area contributed by atoms with Gasteiger partial charge in [-0.05, 0) is 31.2 Å². The topological polar surface area (TPSA) is 110 Å². The molecule has 168 valence electrons. The Morgan fingerprint density at radius 2 is 1.73 bits per heavy atom. The molecule has 11 heteroatoms. The third-order valence-corrected chi connectivity index (χ3v) is 5.87. The van der Waals surface area contributed by atoms with Crippen LogP contribution in [0.15, 0.2) is 46.0 Å². The van der Waals surface area contributed by atoms with Gasteiger partial charge in [0, 0.05) is 10.9 Å². The lowest BCUT2D eigenvalue weighted by molar-refractivity contribution is 0.324. The molecule has 0 spiro atoms. The summed E-state index contributed by atoms with van der Waals surface area (Å²) in [5.74, 6) is 3.39. The van der Waals surface area contributed by atoms with Crippen LogP contribution in [-0.4, -0.2) is 51.1 Å². The summed E-state index contributed by atoms with van der Waals surface area (Å²) in [7, 11) is 4.66. The molecule has 0 atom stereocenters. The Kier molecular flexibility index (Phi) is 5.47. The van der Waals surface area contributed by atoms with Gasteiger partial charge in [-0.1, -0.05) is 23.9 Å². The second-order valence-electron chi connectivity index (χ2n) is 7.01. The lowest BCUT2D eigenvalue weighted by atomic mass is 10.2. The highest BCUT2D eigenvalue weighted by atomic mass is 32.2. The van der Waals surface area contributed by atoms with Crippen molar-refractivity contribution < 1.29 is 18.6 Å². The average molecular weight is 465 g/mol. The SMILES string of the molecule is COc1cc(-c2nnc(CSc3nc4ccccc4c4nc(C)nn34)o2)cc(OC)c1OC. The summed E-state index contributed by atoms with van der Waals surface area (Å²) in [6.45, 7) is 1.86. The van der Waals surface area contributed by atoms with Crippen molar-refractivity contribution in [3.8, 4) is 28.7 Å². The number of nitrogens with zero attached hydrogens (tertiary/aromatic N) is 6. The molecule has 0 aliphatic rings. The first-order chi connectivity index (χ1) is 16.1. The van der Waals surface area contributed by atoms with E-state index in [2.05, 4.69) is 20.3 Å². The highest BCUT2D eigenvalue weighted by Crippen LogP contribution is 2.41. The standard InChI is InChI=1S/C22H20N6O4S/c1-12-23-20-14-7-5-6-8-15(14)24-22(28(20)27-12)33-11-18-25-26-21(32-18)13-9-16(29-2)19(31-4)17(10-13)30-3/h5-10H,11H2,1-4H3. The van der Waals surface area contributed by atoms with Crippen LogP contribution >= 0.6 is 11.8 Å². The average Bonchev–Trinajstić information content (AvgIpc) is 3.48. The van der Waals surface area contributed by atoms with E-state index < -0.39 is 0 Å². The van der Waals surface area contributed by atoms with Crippen molar-refractivity contribution in [1.29, 1.82) is 0 Å². The van der Waals surface area contributed by atoms with E-state index in [0.717, 1.165) is 16.6 Å². The molecule has 0 saturated heterocycles. The maximum Gasteiger partial charge on any atom is 0.248 e. The van der Waals surface area contributed by atoms with Crippen LogP contribution in [-0.2, 0) is 5.75 Å². The normalized spacial score (nSPS) is 11.3. The fraction of sp³-hybridized carbons (Fsp3) is 0.227. The summed E-state index contributed by atoms with van der Waals surface area (Å²) in [6.07, 6.45) is 0. The van der Waals surface area contributed by atoms with E-state index in [-0.39, 0.29) is 0 Å². The number of hydrogen-bond acceptors (Lipinski definition) is 10. The molecule has 0 aliphatic heterocycles. The molecular weight excluding hydrogens is 444 g/mol. The van der Waals surface area contributed by atoms with Crippen LogP contribution in [0.3, 0.4) is 0 Å². The molecule has 3 aromatic heterocycles. The summed E-state index contributed by atoms with van der Waals surface area (Å²) in [4.78, 5) is 9.31. The Labute approximate surface area is 192 Å². The lowest BCUT2D eigenvalue weighted by Gasteiger charge is -2.12. The Morgan fingerprint density at radius 1 is 0.970 bits per heavy atom. The van der Waals surface area contributed by atoms with E-state index in [1.165, 1.54) is 11.8 Å². The van der Waals surface area contributed by atoms with Crippen molar-refractivity contribution in [2.75, 3.05) is 21.3 Å². The highest BCUT2D eigenvalue weighted by molar-refractivity contribution is 7.98. The van der Waals surface area contributed by atoms with Crippen LogP contribution in [0.4, 0.5) is 0 Å². The summed E-state index contributed by atoms with van der Waals surface area (Å²) in [6, 6.07) is 11.4. The molecule has 2 aromatic carbocycles. The summed E-state index contributed by atoms with van der Waals surface area (Å²) >= 11 is 1.44. The number of thioether (sulfide) groups is 1. The molecule has 5 rings (SSSR count).